The number of pyridine rings is 1. The molecule has 1 aliphatic rings. The third kappa shape index (κ3) is 6.43. The SMILES string of the molecule is CC(C)C[C@H](NC(=O)c1cc2sccc2s1)C(=O)N[C@H]1C[C@H](C)CN(S(=O)(=O)c2ccccn2)CC1=O. The predicted octanol–water partition coefficient (Wildman–Crippen LogP) is 3.29. The maximum absolute atomic E-state index is 13.3. The Bertz CT molecular complexity index is 1350. The summed E-state index contributed by atoms with van der Waals surface area (Å²) < 4.78 is 29.3. The van der Waals surface area contributed by atoms with Crippen molar-refractivity contribution in [2.45, 2.75) is 50.7 Å². The summed E-state index contributed by atoms with van der Waals surface area (Å²) in [5, 5.41) is 7.48. The van der Waals surface area contributed by atoms with Gasteiger partial charge in [0.15, 0.2) is 10.8 Å². The quantitative estimate of drug-likeness (QED) is 0.434. The van der Waals surface area contributed by atoms with E-state index in [1.54, 1.807) is 23.5 Å². The Morgan fingerprint density at radius 1 is 1.22 bits per heavy atom. The van der Waals surface area contributed by atoms with Crippen LogP contribution in [0.15, 0.2) is 46.9 Å². The fraction of sp³-hybridized carbons (Fsp3) is 0.440. The van der Waals surface area contributed by atoms with E-state index in [1.807, 2.05) is 38.3 Å². The number of Topliss-reactive ketones (excluding diaryl/α,β-unsaturated/α-hetero) is 1. The Balaban J connectivity index is 1.46. The van der Waals surface area contributed by atoms with Crippen molar-refractivity contribution in [3.63, 3.8) is 0 Å². The standard InChI is InChI=1S/C25H30N4O5S3/c1-15(2)10-18(28-25(32)22-12-21-20(36-22)7-9-35-21)24(31)27-17-11-16(3)13-29(14-19(17)30)37(33,34)23-6-4-5-8-26-23/h4-9,12,15-18H,10-11,13-14H2,1-3H3,(H,27,31)(H,28,32)/t16-,17-,18-/m0/s1. The number of thiophene rings is 2. The number of hydrogen-bond donors (Lipinski definition) is 2. The largest absolute Gasteiger partial charge is 0.344 e. The summed E-state index contributed by atoms with van der Waals surface area (Å²) >= 11 is 2.92. The Morgan fingerprint density at radius 2 is 2.00 bits per heavy atom. The molecule has 0 aromatic carbocycles. The van der Waals surface area contributed by atoms with Crippen molar-refractivity contribution in [3.05, 3.63) is 46.8 Å². The van der Waals surface area contributed by atoms with Crippen LogP contribution in [-0.4, -0.2) is 60.5 Å². The fourth-order valence-corrected chi connectivity index (χ4v) is 7.81. The van der Waals surface area contributed by atoms with E-state index in [1.165, 1.54) is 23.6 Å². The molecule has 0 unspecified atom stereocenters. The minimum Gasteiger partial charge on any atom is -0.344 e. The molecule has 0 bridgehead atoms. The van der Waals surface area contributed by atoms with Crippen LogP contribution in [0.3, 0.4) is 0 Å². The average Bonchev–Trinajstić information content (AvgIpc) is 3.42. The first-order chi connectivity index (χ1) is 17.5. The molecule has 12 heteroatoms. The highest BCUT2D eigenvalue weighted by Gasteiger charge is 2.37. The molecular formula is C25H30N4O5S3. The van der Waals surface area contributed by atoms with E-state index in [4.69, 9.17) is 0 Å². The number of rotatable bonds is 8. The summed E-state index contributed by atoms with van der Waals surface area (Å²) in [4.78, 5) is 43.8. The van der Waals surface area contributed by atoms with E-state index in [-0.39, 0.29) is 35.9 Å². The van der Waals surface area contributed by atoms with E-state index in [0.29, 0.717) is 17.7 Å². The number of nitrogens with one attached hydrogen (secondary N) is 2. The Morgan fingerprint density at radius 3 is 2.68 bits per heavy atom. The minimum absolute atomic E-state index is 0.116. The monoisotopic (exact) mass is 562 g/mol. The lowest BCUT2D eigenvalue weighted by atomic mass is 9.98. The zero-order chi connectivity index (χ0) is 26.7. The maximum atomic E-state index is 13.3. The highest BCUT2D eigenvalue weighted by molar-refractivity contribution is 7.89. The molecule has 4 rings (SSSR count). The van der Waals surface area contributed by atoms with E-state index in [0.717, 1.165) is 13.7 Å². The first kappa shape index (κ1) is 27.4. The van der Waals surface area contributed by atoms with Crippen molar-refractivity contribution in [2.75, 3.05) is 13.1 Å². The smallest absolute Gasteiger partial charge is 0.262 e. The van der Waals surface area contributed by atoms with Crippen LogP contribution in [0.2, 0.25) is 0 Å². The average molecular weight is 563 g/mol. The van der Waals surface area contributed by atoms with Gasteiger partial charge in [-0.2, -0.15) is 4.31 Å². The molecule has 3 atom stereocenters. The van der Waals surface area contributed by atoms with Gasteiger partial charge in [0.1, 0.15) is 6.04 Å². The van der Waals surface area contributed by atoms with Crippen LogP contribution in [0.1, 0.15) is 43.3 Å². The molecule has 9 nitrogen and oxygen atoms in total. The second-order valence-corrected chi connectivity index (χ2v) is 13.7. The molecule has 0 saturated carbocycles. The maximum Gasteiger partial charge on any atom is 0.262 e. The molecular weight excluding hydrogens is 532 g/mol. The summed E-state index contributed by atoms with van der Waals surface area (Å²) in [6, 6.07) is 6.68. The molecule has 3 aromatic rings. The lowest BCUT2D eigenvalue weighted by Gasteiger charge is -2.23. The molecule has 0 aliphatic carbocycles. The molecule has 37 heavy (non-hydrogen) atoms. The first-order valence-corrected chi connectivity index (χ1v) is 15.2. The van der Waals surface area contributed by atoms with Gasteiger partial charge in [0.05, 0.1) is 17.5 Å². The van der Waals surface area contributed by atoms with Gasteiger partial charge >= 0.3 is 0 Å². The van der Waals surface area contributed by atoms with Crippen LogP contribution in [0.25, 0.3) is 9.40 Å². The topological polar surface area (TPSA) is 126 Å². The van der Waals surface area contributed by atoms with Crippen molar-refractivity contribution < 1.29 is 22.8 Å². The van der Waals surface area contributed by atoms with E-state index in [9.17, 15) is 22.8 Å². The number of carbonyl (C=O) groups is 3. The Kier molecular flexibility index (Phi) is 8.42. The molecule has 0 radical (unpaired) electrons. The van der Waals surface area contributed by atoms with Crippen molar-refractivity contribution in [1.82, 2.24) is 19.9 Å². The Labute approximate surface area is 224 Å². The summed E-state index contributed by atoms with van der Waals surface area (Å²) in [6.45, 7) is 5.52. The molecule has 2 N–H and O–H groups in total. The Hall–Kier alpha value is -2.67. The zero-order valence-electron chi connectivity index (χ0n) is 20.8. The van der Waals surface area contributed by atoms with Gasteiger partial charge in [-0.25, -0.2) is 13.4 Å². The van der Waals surface area contributed by atoms with Crippen LogP contribution in [0.5, 0.6) is 0 Å². The van der Waals surface area contributed by atoms with E-state index < -0.39 is 33.8 Å². The third-order valence-corrected chi connectivity index (χ3v) is 9.94. The van der Waals surface area contributed by atoms with Crippen molar-refractivity contribution in [2.24, 2.45) is 11.8 Å². The lowest BCUT2D eigenvalue weighted by Crippen LogP contribution is -2.52. The van der Waals surface area contributed by atoms with Gasteiger partial charge in [-0.1, -0.05) is 26.8 Å². The van der Waals surface area contributed by atoms with Gasteiger partial charge in [-0.15, -0.1) is 22.7 Å². The van der Waals surface area contributed by atoms with Crippen molar-refractivity contribution in [3.8, 4) is 0 Å². The van der Waals surface area contributed by atoms with Crippen molar-refractivity contribution in [1.29, 1.82) is 0 Å². The summed E-state index contributed by atoms with van der Waals surface area (Å²) in [7, 11) is -3.95. The van der Waals surface area contributed by atoms with E-state index >= 15 is 0 Å². The number of sulfonamides is 1. The molecule has 198 valence electrons. The van der Waals surface area contributed by atoms with Gasteiger partial charge in [0.2, 0.25) is 5.91 Å². The summed E-state index contributed by atoms with van der Waals surface area (Å²) in [6.07, 6.45) is 2.08. The number of carbonyl (C=O) groups excluding carboxylic acids is 3. The van der Waals surface area contributed by atoms with Crippen LogP contribution in [0.4, 0.5) is 0 Å². The predicted molar refractivity (Wildman–Crippen MR) is 144 cm³/mol. The first-order valence-electron chi connectivity index (χ1n) is 12.1. The molecule has 1 saturated heterocycles. The zero-order valence-corrected chi connectivity index (χ0v) is 23.3. The number of hydrogen-bond acceptors (Lipinski definition) is 8. The van der Waals surface area contributed by atoms with Crippen LogP contribution < -0.4 is 10.6 Å². The van der Waals surface area contributed by atoms with Crippen molar-refractivity contribution >= 4 is 59.7 Å². The third-order valence-electron chi connectivity index (χ3n) is 6.12. The van der Waals surface area contributed by atoms with E-state index in [2.05, 4.69) is 15.6 Å². The van der Waals surface area contributed by atoms with Gasteiger partial charge in [0.25, 0.3) is 15.9 Å². The molecule has 0 spiro atoms. The number of amides is 2. The molecule has 3 aromatic heterocycles. The number of nitrogens with zero attached hydrogens (tertiary/aromatic N) is 2. The normalized spacial score (nSPS) is 20.1. The van der Waals surface area contributed by atoms with Gasteiger partial charge in [0, 0.05) is 22.1 Å². The molecule has 2 amide bonds. The number of fused-ring (bicyclic) bond motifs is 1. The van der Waals surface area contributed by atoms with Crippen LogP contribution in [0, 0.1) is 11.8 Å². The molecule has 4 heterocycles. The van der Waals surface area contributed by atoms with Gasteiger partial charge < -0.3 is 10.6 Å². The second-order valence-electron chi connectivity index (χ2n) is 9.75. The van der Waals surface area contributed by atoms with Crippen LogP contribution >= 0.6 is 22.7 Å². The minimum atomic E-state index is -3.95. The number of ketones is 1. The molecule has 1 fully saturated rings. The summed E-state index contributed by atoms with van der Waals surface area (Å²) in [5.74, 6) is -1.25. The number of aromatic nitrogens is 1. The van der Waals surface area contributed by atoms with Gasteiger partial charge in [-0.3, -0.25) is 14.4 Å². The van der Waals surface area contributed by atoms with Gasteiger partial charge in [-0.05, 0) is 54.3 Å². The highest BCUT2D eigenvalue weighted by Crippen LogP contribution is 2.30. The fourth-order valence-electron chi connectivity index (χ4n) is 4.34. The van der Waals surface area contributed by atoms with Crippen LogP contribution in [-0.2, 0) is 19.6 Å². The second kappa shape index (κ2) is 11.4. The lowest BCUT2D eigenvalue weighted by molar-refractivity contribution is -0.129. The summed E-state index contributed by atoms with van der Waals surface area (Å²) in [5.41, 5.74) is 0. The molecule has 1 aliphatic heterocycles. The highest BCUT2D eigenvalue weighted by atomic mass is 32.2.